The van der Waals surface area contributed by atoms with Gasteiger partial charge >= 0.3 is 5.97 Å². The van der Waals surface area contributed by atoms with Crippen LogP contribution in [0, 0.1) is 0 Å². The first-order chi connectivity index (χ1) is 15.5. The molecule has 5 nitrogen and oxygen atoms in total. The summed E-state index contributed by atoms with van der Waals surface area (Å²) in [5, 5.41) is 21.3. The lowest BCUT2D eigenvalue weighted by Gasteiger charge is -2.14. The van der Waals surface area contributed by atoms with Crippen molar-refractivity contribution in [3.63, 3.8) is 0 Å². The first-order valence-corrected chi connectivity index (χ1v) is 12.8. The molecule has 0 spiro atoms. The molecule has 0 heterocycles. The van der Waals surface area contributed by atoms with Crippen LogP contribution in [0.3, 0.4) is 0 Å². The zero-order valence-electron chi connectivity index (χ0n) is 20.1. The van der Waals surface area contributed by atoms with Crippen LogP contribution in [-0.2, 0) is 16.0 Å². The van der Waals surface area contributed by atoms with Gasteiger partial charge in [-0.25, -0.2) is 4.79 Å². The topological polar surface area (TPSA) is 86.6 Å². The van der Waals surface area contributed by atoms with Crippen molar-refractivity contribution in [2.45, 2.75) is 122 Å². The van der Waals surface area contributed by atoms with Gasteiger partial charge in [0.1, 0.15) is 11.8 Å². The molecule has 0 saturated carbocycles. The number of carbonyl (C=O) groups is 2. The number of nitrogens with one attached hydrogen (secondary N) is 1. The van der Waals surface area contributed by atoms with Crippen LogP contribution in [0.5, 0.6) is 5.75 Å². The fraction of sp³-hybridized carbons (Fsp3) is 0.704. The van der Waals surface area contributed by atoms with E-state index in [0.717, 1.165) is 24.8 Å². The number of carboxylic acid groups (broad SMARTS) is 1. The van der Waals surface area contributed by atoms with E-state index in [4.69, 9.17) is 0 Å². The Bertz CT molecular complexity index is 615. The highest BCUT2D eigenvalue weighted by Crippen LogP contribution is 2.14. The van der Waals surface area contributed by atoms with Crippen molar-refractivity contribution in [3.8, 4) is 5.75 Å². The zero-order valence-corrected chi connectivity index (χ0v) is 20.1. The number of hydrogen-bond donors (Lipinski definition) is 3. The molecule has 5 heteroatoms. The number of benzene rings is 1. The van der Waals surface area contributed by atoms with Gasteiger partial charge in [-0.05, 0) is 24.1 Å². The highest BCUT2D eigenvalue weighted by Gasteiger charge is 2.20. The summed E-state index contributed by atoms with van der Waals surface area (Å²) in [6.07, 6.45) is 19.7. The molecule has 1 amide bonds. The first-order valence-electron chi connectivity index (χ1n) is 12.8. The number of amides is 1. The monoisotopic (exact) mass is 447 g/mol. The van der Waals surface area contributed by atoms with Crippen LogP contribution in [0.25, 0.3) is 0 Å². The molecule has 1 atom stereocenters. The molecule has 0 aliphatic carbocycles. The van der Waals surface area contributed by atoms with Crippen molar-refractivity contribution < 1.29 is 19.8 Å². The molecule has 0 unspecified atom stereocenters. The Morgan fingerprint density at radius 1 is 0.750 bits per heavy atom. The lowest BCUT2D eigenvalue weighted by atomic mass is 10.0. The molecule has 32 heavy (non-hydrogen) atoms. The second-order valence-electron chi connectivity index (χ2n) is 9.03. The van der Waals surface area contributed by atoms with Gasteiger partial charge in [0.2, 0.25) is 5.91 Å². The summed E-state index contributed by atoms with van der Waals surface area (Å²) in [5.74, 6) is -1.10. The van der Waals surface area contributed by atoms with Crippen molar-refractivity contribution in [2.75, 3.05) is 0 Å². The van der Waals surface area contributed by atoms with Crippen LogP contribution in [0.4, 0.5) is 0 Å². The quantitative estimate of drug-likeness (QED) is 0.193. The lowest BCUT2D eigenvalue weighted by molar-refractivity contribution is -0.141. The predicted octanol–water partition coefficient (Wildman–Crippen LogP) is 6.77. The third kappa shape index (κ3) is 14.9. The van der Waals surface area contributed by atoms with E-state index >= 15 is 0 Å². The third-order valence-electron chi connectivity index (χ3n) is 6.02. The molecule has 0 bridgehead atoms. The number of phenols is 1. The van der Waals surface area contributed by atoms with Gasteiger partial charge in [-0.1, -0.05) is 109 Å². The molecular weight excluding hydrogens is 402 g/mol. The molecule has 0 aromatic heterocycles. The van der Waals surface area contributed by atoms with Crippen molar-refractivity contribution in [1.29, 1.82) is 0 Å². The van der Waals surface area contributed by atoms with Crippen LogP contribution in [-0.4, -0.2) is 28.1 Å². The number of unbranched alkanes of at least 4 members (excludes halogenated alkanes) is 14. The number of aliphatic carboxylic acids is 1. The smallest absolute Gasteiger partial charge is 0.326 e. The van der Waals surface area contributed by atoms with E-state index in [1.54, 1.807) is 12.1 Å². The second-order valence-corrected chi connectivity index (χ2v) is 9.03. The molecular formula is C27H45NO4. The number of carbonyl (C=O) groups excluding carboxylic acids is 1. The summed E-state index contributed by atoms with van der Waals surface area (Å²) in [6.45, 7) is 2.26. The maximum absolute atomic E-state index is 12.1. The number of aromatic hydroxyl groups is 1. The molecule has 1 aromatic carbocycles. The highest BCUT2D eigenvalue weighted by atomic mass is 16.4. The van der Waals surface area contributed by atoms with Crippen molar-refractivity contribution >= 4 is 11.9 Å². The average Bonchev–Trinajstić information content (AvgIpc) is 2.77. The SMILES string of the molecule is CCCCCCCCCCCCCCCCCC(=O)N[C@@H](Cc1ccc(O)cc1)C(=O)O. The number of phenolic OH excluding ortho intramolecular Hbond substituents is 1. The minimum atomic E-state index is -1.04. The molecule has 0 aliphatic rings. The summed E-state index contributed by atoms with van der Waals surface area (Å²) < 4.78 is 0. The Balaban J connectivity index is 1.99. The fourth-order valence-electron chi connectivity index (χ4n) is 3.99. The summed E-state index contributed by atoms with van der Waals surface area (Å²) in [6, 6.07) is 5.44. The minimum Gasteiger partial charge on any atom is -0.508 e. The van der Waals surface area contributed by atoms with Crippen molar-refractivity contribution in [3.05, 3.63) is 29.8 Å². The molecule has 0 fully saturated rings. The van der Waals surface area contributed by atoms with Crippen LogP contribution in [0.2, 0.25) is 0 Å². The Hall–Kier alpha value is -2.04. The minimum absolute atomic E-state index is 0.137. The second kappa shape index (κ2) is 18.5. The van der Waals surface area contributed by atoms with E-state index in [9.17, 15) is 19.8 Å². The average molecular weight is 448 g/mol. The fourth-order valence-corrected chi connectivity index (χ4v) is 3.99. The van der Waals surface area contributed by atoms with Gasteiger partial charge < -0.3 is 15.5 Å². The van der Waals surface area contributed by atoms with Gasteiger partial charge in [0.15, 0.2) is 0 Å². The summed E-state index contributed by atoms with van der Waals surface area (Å²) in [4.78, 5) is 23.6. The Morgan fingerprint density at radius 3 is 1.62 bits per heavy atom. The maximum atomic E-state index is 12.1. The Morgan fingerprint density at radius 2 is 1.19 bits per heavy atom. The largest absolute Gasteiger partial charge is 0.508 e. The van der Waals surface area contributed by atoms with Gasteiger partial charge in [-0.3, -0.25) is 4.79 Å². The molecule has 0 saturated heterocycles. The third-order valence-corrected chi connectivity index (χ3v) is 6.02. The van der Waals surface area contributed by atoms with Crippen LogP contribution in [0.15, 0.2) is 24.3 Å². The molecule has 0 aliphatic heterocycles. The number of hydrogen-bond acceptors (Lipinski definition) is 3. The molecule has 3 N–H and O–H groups in total. The maximum Gasteiger partial charge on any atom is 0.326 e. The van der Waals surface area contributed by atoms with E-state index in [0.29, 0.717) is 6.42 Å². The highest BCUT2D eigenvalue weighted by molar-refractivity contribution is 5.83. The van der Waals surface area contributed by atoms with Gasteiger partial charge in [0.05, 0.1) is 0 Å². The normalized spacial score (nSPS) is 11.9. The van der Waals surface area contributed by atoms with Crippen LogP contribution < -0.4 is 5.32 Å². The molecule has 0 radical (unpaired) electrons. The first kappa shape index (κ1) is 28.0. The predicted molar refractivity (Wildman–Crippen MR) is 131 cm³/mol. The summed E-state index contributed by atoms with van der Waals surface area (Å²) >= 11 is 0. The van der Waals surface area contributed by atoms with Gasteiger partial charge in [0.25, 0.3) is 0 Å². The van der Waals surface area contributed by atoms with Crippen molar-refractivity contribution in [2.24, 2.45) is 0 Å². The molecule has 1 rings (SSSR count). The van der Waals surface area contributed by atoms with Crippen LogP contribution in [0.1, 0.15) is 115 Å². The molecule has 1 aromatic rings. The van der Waals surface area contributed by atoms with E-state index in [1.807, 2.05) is 0 Å². The summed E-state index contributed by atoms with van der Waals surface area (Å²) in [7, 11) is 0. The lowest BCUT2D eigenvalue weighted by Crippen LogP contribution is -2.42. The summed E-state index contributed by atoms with van der Waals surface area (Å²) in [5.41, 5.74) is 0.766. The standard InChI is InChI=1S/C27H45NO4/c1-2-3-4-5-6-7-8-9-10-11-12-13-14-15-16-17-26(30)28-25(27(31)32)22-23-18-20-24(29)21-19-23/h18-21,25,29H,2-17,22H2,1H3,(H,28,30)(H,31,32)/t25-/m0/s1. The zero-order chi connectivity index (χ0) is 23.4. The van der Waals surface area contributed by atoms with E-state index < -0.39 is 12.0 Å². The Labute approximate surface area is 195 Å². The molecule has 182 valence electrons. The number of rotatable bonds is 20. The Kier molecular flexibility index (Phi) is 16.2. The van der Waals surface area contributed by atoms with Crippen LogP contribution >= 0.6 is 0 Å². The van der Waals surface area contributed by atoms with E-state index in [-0.39, 0.29) is 18.1 Å². The van der Waals surface area contributed by atoms with Gasteiger partial charge in [0, 0.05) is 12.8 Å². The van der Waals surface area contributed by atoms with E-state index in [2.05, 4.69) is 12.2 Å². The van der Waals surface area contributed by atoms with Gasteiger partial charge in [-0.2, -0.15) is 0 Å². The van der Waals surface area contributed by atoms with Crippen molar-refractivity contribution in [1.82, 2.24) is 5.32 Å². The van der Waals surface area contributed by atoms with Gasteiger partial charge in [-0.15, -0.1) is 0 Å². The van der Waals surface area contributed by atoms with E-state index in [1.165, 1.54) is 89.2 Å². The number of carboxylic acids is 1.